The second-order valence-corrected chi connectivity index (χ2v) is 5.61. The highest BCUT2D eigenvalue weighted by molar-refractivity contribution is 5.50. The summed E-state index contributed by atoms with van der Waals surface area (Å²) >= 11 is 0. The van der Waals surface area contributed by atoms with Crippen molar-refractivity contribution in [2.75, 3.05) is 11.9 Å². The molecule has 2 fully saturated rings. The lowest BCUT2D eigenvalue weighted by Gasteiger charge is -2.18. The van der Waals surface area contributed by atoms with Crippen molar-refractivity contribution in [2.45, 2.75) is 38.3 Å². The van der Waals surface area contributed by atoms with Gasteiger partial charge in [0, 0.05) is 12.8 Å². The molecule has 1 N–H and O–H groups in total. The lowest BCUT2D eigenvalue weighted by molar-refractivity contribution is 0.0897. The summed E-state index contributed by atoms with van der Waals surface area (Å²) in [5.41, 5.74) is 2.07. The first-order valence-electron chi connectivity index (χ1n) is 7.01. The number of anilines is 1. The third-order valence-electron chi connectivity index (χ3n) is 4.09. The minimum Gasteiger partial charge on any atom is -0.376 e. The molecule has 1 aliphatic heterocycles. The summed E-state index contributed by atoms with van der Waals surface area (Å²) in [6.07, 6.45) is 5.95. The standard InChI is InChI=1S/C14H18N4O/c1-9-3-2-7-18-13(9)16-14(17-18)15-11-6-8-19-12(11)10-4-5-10/h2-3,7,10-12H,4-6,8H2,1H3,(H,15,17). The van der Waals surface area contributed by atoms with Gasteiger partial charge in [-0.15, -0.1) is 5.10 Å². The van der Waals surface area contributed by atoms with E-state index in [1.54, 1.807) is 0 Å². The molecule has 1 saturated heterocycles. The maximum atomic E-state index is 5.83. The molecule has 5 heteroatoms. The fourth-order valence-corrected chi connectivity index (χ4v) is 2.92. The Bertz CT molecular complexity index is 605. The van der Waals surface area contributed by atoms with E-state index in [-0.39, 0.29) is 0 Å². The van der Waals surface area contributed by atoms with Crippen LogP contribution >= 0.6 is 0 Å². The molecule has 100 valence electrons. The molecule has 0 aromatic carbocycles. The average molecular weight is 258 g/mol. The van der Waals surface area contributed by atoms with E-state index in [9.17, 15) is 0 Å². The first-order valence-corrected chi connectivity index (χ1v) is 7.01. The number of hydrogen-bond donors (Lipinski definition) is 1. The number of nitrogens with zero attached hydrogens (tertiary/aromatic N) is 3. The lowest BCUT2D eigenvalue weighted by atomic mass is 10.1. The van der Waals surface area contributed by atoms with Gasteiger partial charge in [-0.25, -0.2) is 4.52 Å². The van der Waals surface area contributed by atoms with E-state index in [1.807, 2.05) is 16.8 Å². The molecule has 2 unspecified atom stereocenters. The van der Waals surface area contributed by atoms with Crippen molar-refractivity contribution in [3.05, 3.63) is 23.9 Å². The Morgan fingerprint density at radius 1 is 1.37 bits per heavy atom. The molecular formula is C14H18N4O. The Kier molecular flexibility index (Phi) is 2.48. The number of nitrogens with one attached hydrogen (secondary N) is 1. The normalized spacial score (nSPS) is 27.0. The number of rotatable bonds is 3. The smallest absolute Gasteiger partial charge is 0.243 e. The van der Waals surface area contributed by atoms with Crippen LogP contribution in [0.5, 0.6) is 0 Å². The molecule has 3 heterocycles. The average Bonchev–Trinajstić information content (AvgIpc) is 2.99. The topological polar surface area (TPSA) is 51.5 Å². The van der Waals surface area contributed by atoms with Crippen molar-refractivity contribution in [1.82, 2.24) is 14.6 Å². The van der Waals surface area contributed by atoms with Crippen LogP contribution in [0.2, 0.25) is 0 Å². The maximum Gasteiger partial charge on any atom is 0.243 e. The zero-order valence-corrected chi connectivity index (χ0v) is 11.0. The molecular weight excluding hydrogens is 240 g/mol. The van der Waals surface area contributed by atoms with Gasteiger partial charge in [0.1, 0.15) is 0 Å². The molecule has 5 nitrogen and oxygen atoms in total. The molecule has 0 amide bonds. The zero-order valence-electron chi connectivity index (χ0n) is 11.0. The van der Waals surface area contributed by atoms with Crippen molar-refractivity contribution in [3.8, 4) is 0 Å². The van der Waals surface area contributed by atoms with Gasteiger partial charge in [-0.2, -0.15) is 4.98 Å². The minimum atomic E-state index is 0.354. The first-order chi connectivity index (χ1) is 9.31. The Balaban J connectivity index is 1.59. The lowest BCUT2D eigenvalue weighted by Crippen LogP contribution is -2.31. The SMILES string of the molecule is Cc1cccn2nc(NC3CCOC3C3CC3)nc12. The summed E-state index contributed by atoms with van der Waals surface area (Å²) in [5.74, 6) is 1.47. The summed E-state index contributed by atoms with van der Waals surface area (Å²) in [6.45, 7) is 2.91. The molecule has 2 aromatic rings. The molecule has 1 aliphatic carbocycles. The van der Waals surface area contributed by atoms with Crippen LogP contribution in [0.1, 0.15) is 24.8 Å². The van der Waals surface area contributed by atoms with Crippen LogP contribution in [-0.4, -0.2) is 33.4 Å². The van der Waals surface area contributed by atoms with Gasteiger partial charge in [0.2, 0.25) is 5.95 Å². The Morgan fingerprint density at radius 2 is 2.26 bits per heavy atom. The van der Waals surface area contributed by atoms with Crippen molar-refractivity contribution in [3.63, 3.8) is 0 Å². The predicted molar refractivity (Wildman–Crippen MR) is 72.2 cm³/mol. The quantitative estimate of drug-likeness (QED) is 0.915. The molecule has 4 rings (SSSR count). The second-order valence-electron chi connectivity index (χ2n) is 5.61. The van der Waals surface area contributed by atoms with Crippen LogP contribution in [0.4, 0.5) is 5.95 Å². The largest absolute Gasteiger partial charge is 0.376 e. The molecule has 2 aliphatic rings. The fourth-order valence-electron chi connectivity index (χ4n) is 2.92. The van der Waals surface area contributed by atoms with Crippen LogP contribution in [0.3, 0.4) is 0 Å². The summed E-state index contributed by atoms with van der Waals surface area (Å²) in [5, 5.41) is 7.95. The van der Waals surface area contributed by atoms with Gasteiger partial charge in [-0.3, -0.25) is 0 Å². The Hall–Kier alpha value is -1.62. The minimum absolute atomic E-state index is 0.354. The van der Waals surface area contributed by atoms with Crippen LogP contribution in [0, 0.1) is 12.8 Å². The van der Waals surface area contributed by atoms with Crippen LogP contribution < -0.4 is 5.32 Å². The Morgan fingerprint density at radius 3 is 3.05 bits per heavy atom. The van der Waals surface area contributed by atoms with Gasteiger partial charge < -0.3 is 10.1 Å². The van der Waals surface area contributed by atoms with Gasteiger partial charge in [0.25, 0.3) is 0 Å². The highest BCUT2D eigenvalue weighted by atomic mass is 16.5. The first kappa shape index (κ1) is 11.2. The predicted octanol–water partition coefficient (Wildman–Crippen LogP) is 2.02. The third kappa shape index (κ3) is 1.98. The van der Waals surface area contributed by atoms with Crippen LogP contribution in [0.25, 0.3) is 5.65 Å². The van der Waals surface area contributed by atoms with Gasteiger partial charge in [0.05, 0.1) is 12.1 Å². The second kappa shape index (κ2) is 4.20. The van der Waals surface area contributed by atoms with Crippen LogP contribution in [-0.2, 0) is 4.74 Å². The number of hydrogen-bond acceptors (Lipinski definition) is 4. The molecule has 0 radical (unpaired) electrons. The van der Waals surface area contributed by atoms with Crippen molar-refractivity contribution in [2.24, 2.45) is 5.92 Å². The highest BCUT2D eigenvalue weighted by Gasteiger charge is 2.40. The van der Waals surface area contributed by atoms with Gasteiger partial charge in [0.15, 0.2) is 5.65 Å². The van der Waals surface area contributed by atoms with E-state index in [2.05, 4.69) is 28.4 Å². The fraction of sp³-hybridized carbons (Fsp3) is 0.571. The summed E-state index contributed by atoms with van der Waals surface area (Å²) in [6, 6.07) is 4.41. The molecule has 2 atom stereocenters. The molecule has 19 heavy (non-hydrogen) atoms. The van der Waals surface area contributed by atoms with E-state index in [4.69, 9.17) is 4.74 Å². The van der Waals surface area contributed by atoms with E-state index in [1.165, 1.54) is 12.8 Å². The zero-order chi connectivity index (χ0) is 12.8. The maximum absolute atomic E-state index is 5.83. The van der Waals surface area contributed by atoms with E-state index >= 15 is 0 Å². The summed E-state index contributed by atoms with van der Waals surface area (Å²) in [4.78, 5) is 4.58. The number of aryl methyl sites for hydroxylation is 1. The van der Waals surface area contributed by atoms with Gasteiger partial charge >= 0.3 is 0 Å². The van der Waals surface area contributed by atoms with Crippen molar-refractivity contribution < 1.29 is 4.74 Å². The molecule has 0 spiro atoms. The summed E-state index contributed by atoms with van der Waals surface area (Å²) < 4.78 is 7.67. The number of ether oxygens (including phenoxy) is 1. The van der Waals surface area contributed by atoms with Gasteiger partial charge in [-0.05, 0) is 43.7 Å². The number of pyridine rings is 1. The summed E-state index contributed by atoms with van der Waals surface area (Å²) in [7, 11) is 0. The third-order valence-corrected chi connectivity index (χ3v) is 4.09. The molecule has 0 bridgehead atoms. The number of fused-ring (bicyclic) bond motifs is 1. The van der Waals surface area contributed by atoms with Crippen molar-refractivity contribution in [1.29, 1.82) is 0 Å². The molecule has 2 aromatic heterocycles. The van der Waals surface area contributed by atoms with Crippen molar-refractivity contribution >= 4 is 11.6 Å². The molecule has 1 saturated carbocycles. The van der Waals surface area contributed by atoms with Crippen LogP contribution in [0.15, 0.2) is 18.3 Å². The van der Waals surface area contributed by atoms with E-state index in [0.717, 1.165) is 36.1 Å². The number of aromatic nitrogens is 3. The van der Waals surface area contributed by atoms with E-state index in [0.29, 0.717) is 12.1 Å². The highest BCUT2D eigenvalue weighted by Crippen LogP contribution is 2.39. The van der Waals surface area contributed by atoms with Gasteiger partial charge in [-0.1, -0.05) is 6.07 Å². The monoisotopic (exact) mass is 258 g/mol. The van der Waals surface area contributed by atoms with E-state index < -0.39 is 0 Å². The Labute approximate surface area is 112 Å².